The van der Waals surface area contributed by atoms with E-state index in [1.165, 1.54) is 0 Å². The van der Waals surface area contributed by atoms with Gasteiger partial charge in [0.15, 0.2) is 0 Å². The Bertz CT molecular complexity index is 430. The molecule has 7 heteroatoms. The number of nitrogens with one attached hydrogen (secondary N) is 2. The molecular formula is C11H12ClF2IN2O. The smallest absolute Gasteiger partial charge is 0.241 e. The van der Waals surface area contributed by atoms with Crippen molar-refractivity contribution < 1.29 is 13.6 Å². The molecule has 0 radical (unpaired) electrons. The molecule has 1 atom stereocenters. The summed E-state index contributed by atoms with van der Waals surface area (Å²) < 4.78 is 26.4. The molecule has 0 bridgehead atoms. The molecule has 1 fully saturated rings. The molecule has 0 saturated carbocycles. The first kappa shape index (κ1) is 15.6. The molecule has 18 heavy (non-hydrogen) atoms. The first-order chi connectivity index (χ1) is 8.08. The topological polar surface area (TPSA) is 41.1 Å². The second kappa shape index (κ2) is 6.63. The second-order valence-electron chi connectivity index (χ2n) is 3.89. The van der Waals surface area contributed by atoms with Crippen LogP contribution in [0.3, 0.4) is 0 Å². The van der Waals surface area contributed by atoms with E-state index < -0.39 is 11.6 Å². The van der Waals surface area contributed by atoms with Crippen LogP contribution < -0.4 is 10.6 Å². The highest BCUT2D eigenvalue weighted by Crippen LogP contribution is 2.21. The summed E-state index contributed by atoms with van der Waals surface area (Å²) in [4.78, 5) is 11.7. The molecule has 3 nitrogen and oxygen atoms in total. The third-order valence-electron chi connectivity index (χ3n) is 2.63. The lowest BCUT2D eigenvalue weighted by molar-refractivity contribution is -0.117. The van der Waals surface area contributed by atoms with Gasteiger partial charge >= 0.3 is 0 Å². The van der Waals surface area contributed by atoms with Crippen molar-refractivity contribution in [2.45, 2.75) is 18.9 Å². The molecule has 100 valence electrons. The van der Waals surface area contributed by atoms with Crippen molar-refractivity contribution in [3.8, 4) is 0 Å². The summed E-state index contributed by atoms with van der Waals surface area (Å²) in [6, 6.07) is 1.98. The molecule has 0 aliphatic carbocycles. The van der Waals surface area contributed by atoms with E-state index in [4.69, 9.17) is 0 Å². The number of hydrogen-bond acceptors (Lipinski definition) is 2. The Morgan fingerprint density at radius 3 is 2.50 bits per heavy atom. The molecule has 1 saturated heterocycles. The minimum Gasteiger partial charge on any atom is -0.325 e. The molecular weight excluding hydrogens is 376 g/mol. The maximum atomic E-state index is 13.3. The van der Waals surface area contributed by atoms with E-state index in [0.717, 1.165) is 31.5 Å². The van der Waals surface area contributed by atoms with Crippen LogP contribution in [0, 0.1) is 15.2 Å². The van der Waals surface area contributed by atoms with Crippen molar-refractivity contribution >= 4 is 46.6 Å². The van der Waals surface area contributed by atoms with Gasteiger partial charge in [0.1, 0.15) is 11.6 Å². The van der Waals surface area contributed by atoms with E-state index in [1.807, 2.05) is 0 Å². The summed E-state index contributed by atoms with van der Waals surface area (Å²) in [6.45, 7) is 0.799. The van der Waals surface area contributed by atoms with E-state index >= 15 is 0 Å². The SMILES string of the molecule is Cl.O=C(Nc1cc(F)c(I)c(F)c1)C1CCCN1. The molecule has 1 aliphatic rings. The molecule has 1 aromatic rings. The molecule has 1 aliphatic heterocycles. The molecule has 0 spiro atoms. The van der Waals surface area contributed by atoms with Crippen LogP contribution in [-0.2, 0) is 4.79 Å². The summed E-state index contributed by atoms with van der Waals surface area (Å²) in [5, 5.41) is 5.52. The van der Waals surface area contributed by atoms with Crippen LogP contribution in [0.15, 0.2) is 12.1 Å². The van der Waals surface area contributed by atoms with Gasteiger partial charge in [0.2, 0.25) is 5.91 Å². The zero-order valence-corrected chi connectivity index (χ0v) is 12.3. The standard InChI is InChI=1S/C11H11F2IN2O.ClH/c12-7-4-6(5-8(13)10(7)14)16-11(17)9-2-1-3-15-9;/h4-5,9,15H,1-3H2,(H,16,17);1H. The van der Waals surface area contributed by atoms with Gasteiger partial charge in [-0.05, 0) is 54.1 Å². The van der Waals surface area contributed by atoms with Gasteiger partial charge in [0, 0.05) is 5.69 Å². The number of hydrogen-bond donors (Lipinski definition) is 2. The fraction of sp³-hybridized carbons (Fsp3) is 0.364. The van der Waals surface area contributed by atoms with Gasteiger partial charge in [-0.2, -0.15) is 0 Å². The minimum atomic E-state index is -0.666. The van der Waals surface area contributed by atoms with E-state index in [9.17, 15) is 13.6 Å². The highest BCUT2D eigenvalue weighted by molar-refractivity contribution is 14.1. The number of carbonyl (C=O) groups is 1. The fourth-order valence-electron chi connectivity index (χ4n) is 1.77. The lowest BCUT2D eigenvalue weighted by Gasteiger charge is -2.11. The van der Waals surface area contributed by atoms with Crippen LogP contribution in [-0.4, -0.2) is 18.5 Å². The Balaban J connectivity index is 0.00000162. The summed E-state index contributed by atoms with van der Waals surface area (Å²) in [6.07, 6.45) is 1.69. The Labute approximate surface area is 123 Å². The largest absolute Gasteiger partial charge is 0.325 e. The van der Waals surface area contributed by atoms with Gasteiger partial charge in [-0.3, -0.25) is 4.79 Å². The number of halogens is 4. The van der Waals surface area contributed by atoms with E-state index in [-0.39, 0.29) is 33.6 Å². The fourth-order valence-corrected chi connectivity index (χ4v) is 2.08. The van der Waals surface area contributed by atoms with Gasteiger partial charge in [-0.1, -0.05) is 0 Å². The maximum absolute atomic E-state index is 13.3. The van der Waals surface area contributed by atoms with Gasteiger partial charge in [0.05, 0.1) is 9.61 Å². The predicted molar refractivity (Wildman–Crippen MR) is 76.0 cm³/mol. The van der Waals surface area contributed by atoms with Crippen molar-refractivity contribution in [3.63, 3.8) is 0 Å². The van der Waals surface area contributed by atoms with Crippen molar-refractivity contribution in [3.05, 3.63) is 27.3 Å². The molecule has 2 N–H and O–H groups in total. The highest BCUT2D eigenvalue weighted by atomic mass is 127. The summed E-state index contributed by atoms with van der Waals surface area (Å²) >= 11 is 1.58. The first-order valence-corrected chi connectivity index (χ1v) is 6.34. The summed E-state index contributed by atoms with van der Waals surface area (Å²) in [7, 11) is 0. The third kappa shape index (κ3) is 3.52. The molecule has 1 aromatic carbocycles. The van der Waals surface area contributed by atoms with Crippen LogP contribution in [0.1, 0.15) is 12.8 Å². The van der Waals surface area contributed by atoms with Crippen LogP contribution in [0.2, 0.25) is 0 Å². The summed E-state index contributed by atoms with van der Waals surface area (Å²) in [5.74, 6) is -1.58. The number of benzene rings is 1. The second-order valence-corrected chi connectivity index (χ2v) is 4.97. The molecule has 2 rings (SSSR count). The van der Waals surface area contributed by atoms with Crippen molar-refractivity contribution in [2.24, 2.45) is 0 Å². The third-order valence-corrected chi connectivity index (χ3v) is 3.66. The molecule has 1 amide bonds. The first-order valence-electron chi connectivity index (χ1n) is 5.26. The average molecular weight is 389 g/mol. The summed E-state index contributed by atoms with van der Waals surface area (Å²) in [5.41, 5.74) is 0.152. The van der Waals surface area contributed by atoms with Crippen molar-refractivity contribution in [1.29, 1.82) is 0 Å². The number of amides is 1. The zero-order chi connectivity index (χ0) is 12.4. The quantitative estimate of drug-likeness (QED) is 0.604. The number of rotatable bonds is 2. The Kier molecular flexibility index (Phi) is 5.74. The number of carbonyl (C=O) groups excluding carboxylic acids is 1. The van der Waals surface area contributed by atoms with E-state index in [1.54, 1.807) is 22.6 Å². The van der Waals surface area contributed by atoms with Crippen LogP contribution >= 0.6 is 35.0 Å². The van der Waals surface area contributed by atoms with Gasteiger partial charge < -0.3 is 10.6 Å². The molecule has 1 heterocycles. The van der Waals surface area contributed by atoms with Crippen LogP contribution in [0.4, 0.5) is 14.5 Å². The van der Waals surface area contributed by atoms with Crippen molar-refractivity contribution in [2.75, 3.05) is 11.9 Å². The lowest BCUT2D eigenvalue weighted by Crippen LogP contribution is -2.35. The Hall–Kier alpha value is -0.470. The van der Waals surface area contributed by atoms with E-state index in [2.05, 4.69) is 10.6 Å². The Morgan fingerprint density at radius 2 is 2.00 bits per heavy atom. The average Bonchev–Trinajstić information content (AvgIpc) is 2.79. The van der Waals surface area contributed by atoms with Gasteiger partial charge in [-0.15, -0.1) is 12.4 Å². The highest BCUT2D eigenvalue weighted by Gasteiger charge is 2.22. The molecule has 1 unspecified atom stereocenters. The Morgan fingerprint density at radius 1 is 1.39 bits per heavy atom. The number of anilines is 1. The van der Waals surface area contributed by atoms with Crippen LogP contribution in [0.25, 0.3) is 0 Å². The molecule has 0 aromatic heterocycles. The van der Waals surface area contributed by atoms with Gasteiger partial charge in [-0.25, -0.2) is 8.78 Å². The van der Waals surface area contributed by atoms with Gasteiger partial charge in [0.25, 0.3) is 0 Å². The predicted octanol–water partition coefficient (Wildman–Crippen LogP) is 2.68. The maximum Gasteiger partial charge on any atom is 0.241 e. The monoisotopic (exact) mass is 388 g/mol. The normalized spacial score (nSPS) is 18.3. The lowest BCUT2D eigenvalue weighted by atomic mass is 10.2. The van der Waals surface area contributed by atoms with E-state index in [0.29, 0.717) is 0 Å². The zero-order valence-electron chi connectivity index (χ0n) is 9.30. The van der Waals surface area contributed by atoms with Crippen molar-refractivity contribution in [1.82, 2.24) is 5.32 Å². The van der Waals surface area contributed by atoms with Crippen LogP contribution in [0.5, 0.6) is 0 Å². The minimum absolute atomic E-state index is 0.